The molecule has 7 unspecified atom stereocenters. The number of unbranched alkanes of at least 4 members (excludes halogenated alkanes) is 5. The van der Waals surface area contributed by atoms with Gasteiger partial charge in [-0.1, -0.05) is 59.3 Å². The minimum Gasteiger partial charge on any atom is -0.469 e. The summed E-state index contributed by atoms with van der Waals surface area (Å²) >= 11 is 0. The molecular formula is C25H46O4. The molecule has 0 aromatic heterocycles. The van der Waals surface area contributed by atoms with Crippen molar-refractivity contribution >= 4 is 5.97 Å². The maximum Gasteiger partial charge on any atom is 0.305 e. The van der Waals surface area contributed by atoms with Crippen LogP contribution in [0.4, 0.5) is 0 Å². The molecule has 29 heavy (non-hydrogen) atoms. The fourth-order valence-electron chi connectivity index (χ4n) is 6.64. The van der Waals surface area contributed by atoms with E-state index in [0.29, 0.717) is 30.1 Å². The number of hydrogen-bond donors (Lipinski definition) is 2. The highest BCUT2D eigenvalue weighted by Crippen LogP contribution is 2.60. The lowest BCUT2D eigenvalue weighted by Gasteiger charge is -2.51. The molecule has 4 nitrogen and oxygen atoms in total. The van der Waals surface area contributed by atoms with Gasteiger partial charge < -0.3 is 14.9 Å². The van der Waals surface area contributed by atoms with E-state index in [1.807, 2.05) is 0 Å². The topological polar surface area (TPSA) is 66.8 Å². The molecule has 2 N–H and O–H groups in total. The molecule has 0 saturated heterocycles. The summed E-state index contributed by atoms with van der Waals surface area (Å²) in [6.45, 7) is 6.73. The Morgan fingerprint density at radius 1 is 1.07 bits per heavy atom. The molecule has 2 aliphatic carbocycles. The molecule has 2 fully saturated rings. The zero-order valence-electron chi connectivity index (χ0n) is 19.4. The Morgan fingerprint density at radius 3 is 2.45 bits per heavy atom. The van der Waals surface area contributed by atoms with Gasteiger partial charge in [-0.05, 0) is 67.6 Å². The number of methoxy groups -OCH3 is 1. The van der Waals surface area contributed by atoms with Crippen LogP contribution in [0.5, 0.6) is 0 Å². The Morgan fingerprint density at radius 2 is 1.76 bits per heavy atom. The summed E-state index contributed by atoms with van der Waals surface area (Å²) in [5.74, 6) is 1.36. The van der Waals surface area contributed by atoms with Crippen molar-refractivity contribution in [3.8, 4) is 0 Å². The van der Waals surface area contributed by atoms with Crippen LogP contribution in [0.25, 0.3) is 0 Å². The van der Waals surface area contributed by atoms with Crippen LogP contribution in [0.1, 0.15) is 104 Å². The van der Waals surface area contributed by atoms with E-state index < -0.39 is 0 Å². The number of ether oxygens (including phenoxy) is 1. The minimum absolute atomic E-state index is 0.138. The van der Waals surface area contributed by atoms with Crippen molar-refractivity contribution in [1.82, 2.24) is 0 Å². The number of hydrogen-bond acceptors (Lipinski definition) is 4. The lowest BCUT2D eigenvalue weighted by molar-refractivity contribution is -0.141. The van der Waals surface area contributed by atoms with Crippen LogP contribution in [0.2, 0.25) is 0 Å². The lowest BCUT2D eigenvalue weighted by atomic mass is 9.56. The summed E-state index contributed by atoms with van der Waals surface area (Å²) in [7, 11) is 1.45. The second-order valence-electron chi connectivity index (χ2n) is 10.1. The normalized spacial score (nSPS) is 33.9. The van der Waals surface area contributed by atoms with Crippen LogP contribution in [0.15, 0.2) is 0 Å². The SMILES string of the molecule is CCCCCCCCC(O)C1CCC(O)C2(C)C(C(C)CCC(=O)OC)CCC12. The molecule has 0 bridgehead atoms. The van der Waals surface area contributed by atoms with E-state index in [4.69, 9.17) is 4.74 Å². The number of carbonyl (C=O) groups is 1. The smallest absolute Gasteiger partial charge is 0.305 e. The van der Waals surface area contributed by atoms with E-state index in [9.17, 15) is 15.0 Å². The summed E-state index contributed by atoms with van der Waals surface area (Å²) in [5.41, 5.74) is -0.138. The highest BCUT2D eigenvalue weighted by molar-refractivity contribution is 5.69. The van der Waals surface area contributed by atoms with Crippen molar-refractivity contribution < 1.29 is 19.7 Å². The molecule has 2 rings (SSSR count). The van der Waals surface area contributed by atoms with Crippen molar-refractivity contribution in [2.45, 2.75) is 116 Å². The van der Waals surface area contributed by atoms with Crippen LogP contribution in [0, 0.1) is 29.1 Å². The van der Waals surface area contributed by atoms with Crippen molar-refractivity contribution in [1.29, 1.82) is 0 Å². The molecule has 170 valence electrons. The molecule has 0 aromatic carbocycles. The average Bonchev–Trinajstić information content (AvgIpc) is 3.07. The monoisotopic (exact) mass is 410 g/mol. The number of aliphatic hydroxyl groups excluding tert-OH is 2. The first-order chi connectivity index (χ1) is 13.9. The van der Waals surface area contributed by atoms with Gasteiger partial charge in [0.15, 0.2) is 0 Å². The van der Waals surface area contributed by atoms with Gasteiger partial charge in [0.1, 0.15) is 0 Å². The third-order valence-corrected chi connectivity index (χ3v) is 8.46. The van der Waals surface area contributed by atoms with Crippen molar-refractivity contribution in [2.75, 3.05) is 7.11 Å². The van der Waals surface area contributed by atoms with Gasteiger partial charge in [-0.3, -0.25) is 4.79 Å². The van der Waals surface area contributed by atoms with E-state index in [1.165, 1.54) is 39.2 Å². The first kappa shape index (κ1) is 24.7. The van der Waals surface area contributed by atoms with Gasteiger partial charge >= 0.3 is 5.97 Å². The second kappa shape index (κ2) is 11.7. The molecule has 0 heterocycles. The van der Waals surface area contributed by atoms with E-state index in [2.05, 4.69) is 20.8 Å². The molecule has 4 heteroatoms. The van der Waals surface area contributed by atoms with Gasteiger partial charge in [-0.25, -0.2) is 0 Å². The molecule has 0 amide bonds. The predicted octanol–water partition coefficient (Wildman–Crippen LogP) is 5.49. The fourth-order valence-corrected chi connectivity index (χ4v) is 6.64. The molecule has 2 saturated carbocycles. The van der Waals surface area contributed by atoms with E-state index in [-0.39, 0.29) is 23.6 Å². The Balaban J connectivity index is 1.94. The third kappa shape index (κ3) is 5.97. The molecule has 0 radical (unpaired) electrons. The number of fused-ring (bicyclic) bond motifs is 1. The van der Waals surface area contributed by atoms with Gasteiger partial charge in [0.25, 0.3) is 0 Å². The highest BCUT2D eigenvalue weighted by Gasteiger charge is 2.57. The average molecular weight is 411 g/mol. The summed E-state index contributed by atoms with van der Waals surface area (Å²) in [6, 6.07) is 0. The van der Waals surface area contributed by atoms with Gasteiger partial charge in [0.05, 0.1) is 19.3 Å². The van der Waals surface area contributed by atoms with Gasteiger partial charge in [-0.15, -0.1) is 0 Å². The van der Waals surface area contributed by atoms with Crippen LogP contribution >= 0.6 is 0 Å². The summed E-state index contributed by atoms with van der Waals surface area (Å²) < 4.78 is 4.81. The molecule has 0 aliphatic heterocycles. The number of carbonyl (C=O) groups excluding carboxylic acids is 1. The van der Waals surface area contributed by atoms with Crippen molar-refractivity contribution in [2.24, 2.45) is 29.1 Å². The Kier molecular flexibility index (Phi) is 9.94. The van der Waals surface area contributed by atoms with Crippen LogP contribution in [-0.2, 0) is 9.53 Å². The van der Waals surface area contributed by atoms with Gasteiger partial charge in [0, 0.05) is 6.42 Å². The van der Waals surface area contributed by atoms with Crippen LogP contribution in [-0.4, -0.2) is 35.5 Å². The predicted molar refractivity (Wildman–Crippen MR) is 117 cm³/mol. The number of rotatable bonds is 12. The van der Waals surface area contributed by atoms with Crippen molar-refractivity contribution in [3.05, 3.63) is 0 Å². The highest BCUT2D eigenvalue weighted by atomic mass is 16.5. The zero-order valence-corrected chi connectivity index (χ0v) is 19.4. The fraction of sp³-hybridized carbons (Fsp3) is 0.960. The largest absolute Gasteiger partial charge is 0.469 e. The maximum absolute atomic E-state index is 11.6. The van der Waals surface area contributed by atoms with Crippen LogP contribution in [0.3, 0.4) is 0 Å². The third-order valence-electron chi connectivity index (χ3n) is 8.46. The number of aliphatic hydroxyl groups is 2. The lowest BCUT2D eigenvalue weighted by Crippen LogP contribution is -2.51. The summed E-state index contributed by atoms with van der Waals surface area (Å²) in [6.07, 6.45) is 13.1. The molecule has 2 aliphatic rings. The standard InChI is InChI=1S/C25H46O4/c1-5-6-7-8-9-10-11-22(26)19-13-16-23(27)25(3)20(14-15-21(19)25)18(2)12-17-24(28)29-4/h18-23,26-27H,5-17H2,1-4H3. The molecule has 7 atom stereocenters. The number of esters is 1. The first-order valence-corrected chi connectivity index (χ1v) is 12.3. The van der Waals surface area contributed by atoms with E-state index in [1.54, 1.807) is 0 Å². The summed E-state index contributed by atoms with van der Waals surface area (Å²) in [5, 5.41) is 22.0. The maximum atomic E-state index is 11.6. The van der Waals surface area contributed by atoms with Crippen LogP contribution < -0.4 is 0 Å². The second-order valence-corrected chi connectivity index (χ2v) is 10.1. The summed E-state index contributed by atoms with van der Waals surface area (Å²) in [4.78, 5) is 11.6. The van der Waals surface area contributed by atoms with E-state index >= 15 is 0 Å². The van der Waals surface area contributed by atoms with Gasteiger partial charge in [0.2, 0.25) is 0 Å². The molecule has 0 aromatic rings. The molecule has 0 spiro atoms. The Hall–Kier alpha value is -0.610. The van der Waals surface area contributed by atoms with Gasteiger partial charge in [-0.2, -0.15) is 0 Å². The Bertz CT molecular complexity index is 493. The minimum atomic E-state index is -0.293. The molecular weight excluding hydrogens is 364 g/mol. The Labute approximate surface area is 178 Å². The first-order valence-electron chi connectivity index (χ1n) is 12.3. The quantitative estimate of drug-likeness (QED) is 0.330. The van der Waals surface area contributed by atoms with E-state index in [0.717, 1.165) is 44.9 Å². The van der Waals surface area contributed by atoms with Crippen molar-refractivity contribution in [3.63, 3.8) is 0 Å². The zero-order chi connectivity index (χ0) is 21.4.